The molecule has 164 valence electrons. The molecular weight excluding hydrogens is 404 g/mol. The summed E-state index contributed by atoms with van der Waals surface area (Å²) in [5.74, 6) is 0.0799. The molecule has 4 rings (SSSR count). The van der Waals surface area contributed by atoms with E-state index in [2.05, 4.69) is 40.4 Å². The van der Waals surface area contributed by atoms with Crippen LogP contribution in [-0.2, 0) is 16.6 Å². The van der Waals surface area contributed by atoms with Crippen molar-refractivity contribution in [2.45, 2.75) is 25.2 Å². The van der Waals surface area contributed by atoms with Crippen LogP contribution in [0.25, 0.3) is 10.2 Å². The molecule has 2 heterocycles. The predicted molar refractivity (Wildman–Crippen MR) is 129 cm³/mol. The number of para-hydroxylation sites is 1. The molecular formula is C25H32N4OS. The number of rotatable bonds is 8. The number of hydrogen-bond acceptors (Lipinski definition) is 5. The average molecular weight is 437 g/mol. The first-order valence-electron chi connectivity index (χ1n) is 11.1. The molecule has 1 fully saturated rings. The Kier molecular flexibility index (Phi) is 7.00. The first kappa shape index (κ1) is 21.9. The van der Waals surface area contributed by atoms with E-state index in [0.717, 1.165) is 55.2 Å². The fourth-order valence-corrected chi connectivity index (χ4v) is 5.31. The molecule has 1 aliphatic heterocycles. The number of hydrogen-bond donors (Lipinski definition) is 1. The van der Waals surface area contributed by atoms with Gasteiger partial charge < -0.3 is 15.1 Å². The normalized spacial score (nSPS) is 17.5. The maximum absolute atomic E-state index is 13.4. The minimum Gasteiger partial charge on any atom is -0.355 e. The maximum Gasteiger partial charge on any atom is 0.230 e. The van der Waals surface area contributed by atoms with Crippen molar-refractivity contribution in [2.24, 2.45) is 0 Å². The lowest BCUT2D eigenvalue weighted by atomic mass is 9.78. The van der Waals surface area contributed by atoms with Gasteiger partial charge in [0.25, 0.3) is 0 Å². The highest BCUT2D eigenvalue weighted by molar-refractivity contribution is 7.18. The summed E-state index contributed by atoms with van der Waals surface area (Å²) in [5.41, 5.74) is 1.39. The van der Waals surface area contributed by atoms with Crippen molar-refractivity contribution >= 4 is 27.5 Å². The quantitative estimate of drug-likeness (QED) is 0.549. The van der Waals surface area contributed by atoms with E-state index >= 15 is 0 Å². The number of carbonyl (C=O) groups is 1. The Balaban J connectivity index is 1.42. The Morgan fingerprint density at radius 2 is 1.77 bits per heavy atom. The van der Waals surface area contributed by atoms with Gasteiger partial charge in [-0.25, -0.2) is 4.98 Å². The number of nitrogens with zero attached hydrogens (tertiary/aromatic N) is 3. The molecule has 0 aliphatic carbocycles. The summed E-state index contributed by atoms with van der Waals surface area (Å²) in [4.78, 5) is 23.1. The molecule has 0 spiro atoms. The van der Waals surface area contributed by atoms with Gasteiger partial charge in [0.2, 0.25) is 5.91 Å². The molecule has 1 N–H and O–H groups in total. The second kappa shape index (κ2) is 9.90. The second-order valence-electron chi connectivity index (χ2n) is 8.70. The smallest absolute Gasteiger partial charge is 0.230 e. The van der Waals surface area contributed by atoms with Gasteiger partial charge >= 0.3 is 0 Å². The van der Waals surface area contributed by atoms with Crippen molar-refractivity contribution in [3.05, 3.63) is 65.2 Å². The van der Waals surface area contributed by atoms with E-state index in [1.807, 2.05) is 43.3 Å². The van der Waals surface area contributed by atoms with Crippen LogP contribution in [0.2, 0.25) is 0 Å². The van der Waals surface area contributed by atoms with Crippen molar-refractivity contribution in [3.63, 3.8) is 0 Å². The molecule has 5 nitrogen and oxygen atoms in total. The number of amides is 1. The van der Waals surface area contributed by atoms with E-state index in [0.29, 0.717) is 13.0 Å². The van der Waals surface area contributed by atoms with Crippen LogP contribution in [0.15, 0.2) is 54.6 Å². The van der Waals surface area contributed by atoms with E-state index in [4.69, 9.17) is 4.98 Å². The third-order valence-corrected chi connectivity index (χ3v) is 7.32. The zero-order chi connectivity index (χ0) is 21.7. The molecule has 31 heavy (non-hydrogen) atoms. The summed E-state index contributed by atoms with van der Waals surface area (Å²) in [6.45, 7) is 8.26. The van der Waals surface area contributed by atoms with E-state index in [9.17, 15) is 4.79 Å². The maximum atomic E-state index is 13.4. The summed E-state index contributed by atoms with van der Waals surface area (Å²) in [6.07, 6.45) is 1.57. The Bertz CT molecular complexity index is 964. The molecule has 0 radical (unpaired) electrons. The van der Waals surface area contributed by atoms with Crippen LogP contribution in [0, 0.1) is 0 Å². The van der Waals surface area contributed by atoms with Gasteiger partial charge in [-0.3, -0.25) is 4.79 Å². The van der Waals surface area contributed by atoms with Gasteiger partial charge in [-0.05, 0) is 44.6 Å². The molecule has 1 atom stereocenters. The topological polar surface area (TPSA) is 48.5 Å². The van der Waals surface area contributed by atoms with Crippen LogP contribution >= 0.6 is 11.3 Å². The van der Waals surface area contributed by atoms with Crippen LogP contribution in [0.4, 0.5) is 0 Å². The van der Waals surface area contributed by atoms with Crippen LogP contribution in [0.5, 0.6) is 0 Å². The van der Waals surface area contributed by atoms with Crippen LogP contribution < -0.4 is 5.32 Å². The summed E-state index contributed by atoms with van der Waals surface area (Å²) in [5, 5.41) is 4.23. The van der Waals surface area contributed by atoms with Gasteiger partial charge in [0, 0.05) is 39.1 Å². The summed E-state index contributed by atoms with van der Waals surface area (Å²) in [7, 11) is 2.17. The fraction of sp³-hybridized carbons (Fsp3) is 0.440. The van der Waals surface area contributed by atoms with Crippen LogP contribution in [0.1, 0.15) is 23.9 Å². The number of carbonyl (C=O) groups excluding carboxylic acids is 1. The second-order valence-corrected chi connectivity index (χ2v) is 9.82. The zero-order valence-electron chi connectivity index (χ0n) is 18.5. The summed E-state index contributed by atoms with van der Waals surface area (Å²) < 4.78 is 1.17. The molecule has 0 saturated carbocycles. The highest BCUT2D eigenvalue weighted by atomic mass is 32.1. The van der Waals surface area contributed by atoms with E-state index in [1.54, 1.807) is 11.3 Å². The molecule has 3 aromatic rings. The van der Waals surface area contributed by atoms with E-state index in [1.165, 1.54) is 4.70 Å². The van der Waals surface area contributed by atoms with Crippen molar-refractivity contribution in [2.75, 3.05) is 46.3 Å². The van der Waals surface area contributed by atoms with Crippen molar-refractivity contribution in [1.82, 2.24) is 20.1 Å². The summed E-state index contributed by atoms with van der Waals surface area (Å²) in [6, 6.07) is 18.3. The van der Waals surface area contributed by atoms with E-state index in [-0.39, 0.29) is 5.91 Å². The number of piperazine rings is 1. The molecule has 6 heteroatoms. The Labute approximate surface area is 189 Å². The minimum absolute atomic E-state index is 0.0799. The molecule has 1 aliphatic rings. The van der Waals surface area contributed by atoms with Crippen molar-refractivity contribution < 1.29 is 4.79 Å². The molecule has 2 aromatic carbocycles. The van der Waals surface area contributed by atoms with Gasteiger partial charge in [-0.15, -0.1) is 11.3 Å². The third-order valence-electron chi connectivity index (χ3n) is 6.29. The average Bonchev–Trinajstić information content (AvgIpc) is 3.20. The predicted octanol–water partition coefficient (Wildman–Crippen LogP) is 3.55. The minimum atomic E-state index is -0.650. The Morgan fingerprint density at radius 1 is 1.06 bits per heavy atom. The number of likely N-dealkylation sites (N-methyl/N-ethyl adjacent to an activating group) is 1. The van der Waals surface area contributed by atoms with Gasteiger partial charge in [-0.1, -0.05) is 42.5 Å². The SMILES string of the molecule is CN1CCN(CCCNC(=O)C(C)(Cc2nc3ccccc3s2)c2ccccc2)CC1. The number of aromatic nitrogens is 1. The summed E-state index contributed by atoms with van der Waals surface area (Å²) >= 11 is 1.68. The standard InChI is InChI=1S/C25H32N4OS/c1-25(20-9-4-3-5-10-20,19-23-27-21-11-6-7-12-22(21)31-23)24(30)26-13-8-14-29-17-15-28(2)16-18-29/h3-7,9-12H,8,13-19H2,1-2H3,(H,26,30). The number of thiazole rings is 1. The number of benzene rings is 2. The zero-order valence-corrected chi connectivity index (χ0v) is 19.3. The lowest BCUT2D eigenvalue weighted by Gasteiger charge is -2.32. The van der Waals surface area contributed by atoms with Gasteiger partial charge in [0.05, 0.1) is 20.6 Å². The third kappa shape index (κ3) is 5.32. The van der Waals surface area contributed by atoms with Gasteiger partial charge in [0.1, 0.15) is 0 Å². The molecule has 1 saturated heterocycles. The lowest BCUT2D eigenvalue weighted by Crippen LogP contribution is -2.46. The Morgan fingerprint density at radius 3 is 2.52 bits per heavy atom. The monoisotopic (exact) mass is 436 g/mol. The van der Waals surface area contributed by atoms with E-state index < -0.39 is 5.41 Å². The molecule has 1 aromatic heterocycles. The van der Waals surface area contributed by atoms with Crippen LogP contribution in [-0.4, -0.2) is 67.0 Å². The molecule has 1 unspecified atom stereocenters. The van der Waals surface area contributed by atoms with Crippen molar-refractivity contribution in [3.8, 4) is 0 Å². The fourth-order valence-electron chi connectivity index (χ4n) is 4.19. The lowest BCUT2D eigenvalue weighted by molar-refractivity contribution is -0.126. The van der Waals surface area contributed by atoms with Crippen LogP contribution in [0.3, 0.4) is 0 Å². The first-order chi connectivity index (χ1) is 15.0. The number of fused-ring (bicyclic) bond motifs is 1. The van der Waals surface area contributed by atoms with Gasteiger partial charge in [0.15, 0.2) is 0 Å². The highest BCUT2D eigenvalue weighted by Gasteiger charge is 2.36. The molecule has 0 bridgehead atoms. The highest BCUT2D eigenvalue weighted by Crippen LogP contribution is 2.32. The molecule has 1 amide bonds. The Hall–Kier alpha value is -2.28. The van der Waals surface area contributed by atoms with Gasteiger partial charge in [-0.2, -0.15) is 0 Å². The number of nitrogens with one attached hydrogen (secondary N) is 1. The first-order valence-corrected chi connectivity index (χ1v) is 12.0. The largest absolute Gasteiger partial charge is 0.355 e. The van der Waals surface area contributed by atoms with Crippen molar-refractivity contribution in [1.29, 1.82) is 0 Å².